The molecule has 1 aliphatic heterocycles. The molecule has 1 aromatic carbocycles. The Balaban J connectivity index is 2.05. The van der Waals surface area contributed by atoms with Gasteiger partial charge in [-0.3, -0.25) is 4.79 Å². The summed E-state index contributed by atoms with van der Waals surface area (Å²) in [6, 6.07) is 5.31. The average molecular weight is 350 g/mol. The summed E-state index contributed by atoms with van der Waals surface area (Å²) >= 11 is 0. The maximum atomic E-state index is 12.6. The Hall–Kier alpha value is -1.79. The highest BCUT2D eigenvalue weighted by molar-refractivity contribution is 5.94. The summed E-state index contributed by atoms with van der Waals surface area (Å²) in [5, 5.41) is 6.43. The van der Waals surface area contributed by atoms with E-state index in [0.29, 0.717) is 43.4 Å². The van der Waals surface area contributed by atoms with E-state index < -0.39 is 0 Å². The Morgan fingerprint density at radius 2 is 1.84 bits per heavy atom. The first kappa shape index (κ1) is 19.5. The summed E-state index contributed by atoms with van der Waals surface area (Å²) in [5.41, 5.74) is 0.581. The Morgan fingerprint density at radius 3 is 2.48 bits per heavy atom. The summed E-state index contributed by atoms with van der Waals surface area (Å²) in [7, 11) is 1.71. The van der Waals surface area contributed by atoms with E-state index in [1.165, 1.54) is 0 Å². The van der Waals surface area contributed by atoms with E-state index in [1.54, 1.807) is 25.3 Å². The summed E-state index contributed by atoms with van der Waals surface area (Å²) < 4.78 is 16.5. The first-order valence-electron chi connectivity index (χ1n) is 9.01. The van der Waals surface area contributed by atoms with Crippen LogP contribution in [0.1, 0.15) is 37.0 Å². The zero-order valence-electron chi connectivity index (χ0n) is 15.5. The van der Waals surface area contributed by atoms with E-state index in [4.69, 9.17) is 14.2 Å². The highest BCUT2D eigenvalue weighted by atomic mass is 16.5. The molecule has 1 saturated heterocycles. The minimum atomic E-state index is -0.0991. The lowest BCUT2D eigenvalue weighted by atomic mass is 9.79. The minimum absolute atomic E-state index is 0.00364. The Bertz CT molecular complexity index is 551. The van der Waals surface area contributed by atoms with Crippen LogP contribution in [0.4, 0.5) is 0 Å². The molecule has 1 amide bonds. The smallest absolute Gasteiger partial charge is 0.251 e. The lowest BCUT2D eigenvalue weighted by Crippen LogP contribution is -2.47. The van der Waals surface area contributed by atoms with Gasteiger partial charge in [0.05, 0.1) is 19.8 Å². The van der Waals surface area contributed by atoms with Crippen molar-refractivity contribution in [1.82, 2.24) is 10.6 Å². The van der Waals surface area contributed by atoms with Crippen LogP contribution in [0.2, 0.25) is 0 Å². The molecule has 1 aliphatic rings. The lowest BCUT2D eigenvalue weighted by molar-refractivity contribution is 0.0511. The van der Waals surface area contributed by atoms with Gasteiger partial charge in [-0.05, 0) is 58.0 Å². The molecule has 25 heavy (non-hydrogen) atoms. The van der Waals surface area contributed by atoms with Crippen LogP contribution in [0.5, 0.6) is 11.5 Å². The van der Waals surface area contributed by atoms with E-state index in [9.17, 15) is 4.79 Å². The predicted molar refractivity (Wildman–Crippen MR) is 97.5 cm³/mol. The van der Waals surface area contributed by atoms with Gasteiger partial charge in [0.1, 0.15) is 0 Å². The predicted octanol–water partition coefficient (Wildman–Crippen LogP) is 2.23. The van der Waals surface area contributed by atoms with Crippen molar-refractivity contribution in [2.75, 3.05) is 46.6 Å². The molecular weight excluding hydrogens is 320 g/mol. The topological polar surface area (TPSA) is 68.8 Å². The molecule has 0 atom stereocenters. The van der Waals surface area contributed by atoms with Crippen molar-refractivity contribution in [2.45, 2.75) is 26.7 Å². The van der Waals surface area contributed by atoms with Gasteiger partial charge in [0, 0.05) is 24.6 Å². The highest BCUT2D eigenvalue weighted by Gasteiger charge is 2.32. The molecule has 6 nitrogen and oxygen atoms in total. The van der Waals surface area contributed by atoms with Gasteiger partial charge in [-0.15, -0.1) is 0 Å². The number of carbonyl (C=O) groups is 1. The summed E-state index contributed by atoms with van der Waals surface area (Å²) in [6.45, 7) is 8.08. The Morgan fingerprint density at radius 1 is 1.16 bits per heavy atom. The number of hydrogen-bond donors (Lipinski definition) is 2. The molecule has 0 spiro atoms. The Labute approximate surface area is 150 Å². The van der Waals surface area contributed by atoms with Crippen LogP contribution in [-0.2, 0) is 4.74 Å². The molecule has 0 bridgehead atoms. The number of methoxy groups -OCH3 is 1. The van der Waals surface area contributed by atoms with Gasteiger partial charge in [0.15, 0.2) is 11.5 Å². The molecule has 2 rings (SSSR count). The monoisotopic (exact) mass is 350 g/mol. The minimum Gasteiger partial charge on any atom is -0.490 e. The van der Waals surface area contributed by atoms with E-state index in [-0.39, 0.29) is 11.3 Å². The number of amides is 1. The summed E-state index contributed by atoms with van der Waals surface area (Å²) in [4.78, 5) is 12.6. The van der Waals surface area contributed by atoms with E-state index >= 15 is 0 Å². The number of benzene rings is 1. The van der Waals surface area contributed by atoms with Crippen molar-refractivity contribution < 1.29 is 19.0 Å². The second kappa shape index (κ2) is 9.63. The quantitative estimate of drug-likeness (QED) is 0.715. The standard InChI is InChI=1S/C19H30N2O4/c1-4-24-16-7-6-15(12-17(16)25-5-2)18(22)21-13-19(14-23-3)8-10-20-11-9-19/h6-7,12,20H,4-5,8-11,13-14H2,1-3H3,(H,21,22). The molecule has 1 fully saturated rings. The van der Waals surface area contributed by atoms with E-state index in [1.807, 2.05) is 13.8 Å². The van der Waals surface area contributed by atoms with Gasteiger partial charge in [-0.1, -0.05) is 0 Å². The van der Waals surface area contributed by atoms with Gasteiger partial charge in [0.2, 0.25) is 0 Å². The van der Waals surface area contributed by atoms with Crippen molar-refractivity contribution in [3.8, 4) is 11.5 Å². The van der Waals surface area contributed by atoms with Crippen LogP contribution in [0.25, 0.3) is 0 Å². The van der Waals surface area contributed by atoms with Gasteiger partial charge in [-0.2, -0.15) is 0 Å². The van der Waals surface area contributed by atoms with Crippen LogP contribution in [0.15, 0.2) is 18.2 Å². The van der Waals surface area contributed by atoms with Crippen molar-refractivity contribution in [2.24, 2.45) is 5.41 Å². The third-order valence-electron chi connectivity index (χ3n) is 4.54. The van der Waals surface area contributed by atoms with Crippen molar-refractivity contribution in [1.29, 1.82) is 0 Å². The maximum Gasteiger partial charge on any atom is 0.251 e. The number of piperidine rings is 1. The van der Waals surface area contributed by atoms with Gasteiger partial charge >= 0.3 is 0 Å². The molecule has 140 valence electrons. The summed E-state index contributed by atoms with van der Waals surface area (Å²) in [6.07, 6.45) is 1.99. The van der Waals surface area contributed by atoms with Crippen LogP contribution in [-0.4, -0.2) is 52.5 Å². The largest absolute Gasteiger partial charge is 0.490 e. The average Bonchev–Trinajstić information content (AvgIpc) is 2.63. The fourth-order valence-electron chi connectivity index (χ4n) is 3.20. The maximum absolute atomic E-state index is 12.6. The first-order chi connectivity index (χ1) is 12.1. The number of nitrogens with one attached hydrogen (secondary N) is 2. The molecule has 0 aliphatic carbocycles. The van der Waals surface area contributed by atoms with Crippen molar-refractivity contribution in [3.63, 3.8) is 0 Å². The van der Waals surface area contributed by atoms with E-state index in [2.05, 4.69) is 10.6 Å². The summed E-state index contributed by atoms with van der Waals surface area (Å²) in [5.74, 6) is 1.17. The second-order valence-electron chi connectivity index (χ2n) is 6.39. The normalized spacial score (nSPS) is 16.3. The third-order valence-corrected chi connectivity index (χ3v) is 4.54. The molecule has 1 heterocycles. The van der Waals surface area contributed by atoms with Crippen molar-refractivity contribution >= 4 is 5.91 Å². The van der Waals surface area contributed by atoms with Gasteiger partial charge < -0.3 is 24.8 Å². The fraction of sp³-hybridized carbons (Fsp3) is 0.632. The number of carbonyl (C=O) groups excluding carboxylic acids is 1. The second-order valence-corrected chi connectivity index (χ2v) is 6.39. The molecular formula is C19H30N2O4. The Kier molecular flexibility index (Phi) is 7.52. The van der Waals surface area contributed by atoms with Crippen LogP contribution in [0, 0.1) is 5.41 Å². The first-order valence-corrected chi connectivity index (χ1v) is 9.01. The van der Waals surface area contributed by atoms with Crippen LogP contribution < -0.4 is 20.1 Å². The van der Waals surface area contributed by atoms with E-state index in [0.717, 1.165) is 25.9 Å². The molecule has 1 aromatic rings. The van der Waals surface area contributed by atoms with Crippen molar-refractivity contribution in [3.05, 3.63) is 23.8 Å². The molecule has 0 aromatic heterocycles. The third kappa shape index (κ3) is 5.34. The van der Waals surface area contributed by atoms with Crippen LogP contribution in [0.3, 0.4) is 0 Å². The zero-order valence-corrected chi connectivity index (χ0v) is 15.5. The number of rotatable bonds is 9. The molecule has 0 saturated carbocycles. The highest BCUT2D eigenvalue weighted by Crippen LogP contribution is 2.30. The SMILES string of the molecule is CCOc1ccc(C(=O)NCC2(COC)CCNCC2)cc1OCC. The number of hydrogen-bond acceptors (Lipinski definition) is 5. The van der Waals surface area contributed by atoms with Gasteiger partial charge in [-0.25, -0.2) is 0 Å². The fourth-order valence-corrected chi connectivity index (χ4v) is 3.20. The van der Waals surface area contributed by atoms with Gasteiger partial charge in [0.25, 0.3) is 5.91 Å². The van der Waals surface area contributed by atoms with Crippen LogP contribution >= 0.6 is 0 Å². The molecule has 0 radical (unpaired) electrons. The molecule has 0 unspecified atom stereocenters. The number of ether oxygens (including phenoxy) is 3. The molecule has 2 N–H and O–H groups in total. The molecule has 6 heteroatoms. The zero-order chi connectivity index (χ0) is 18.1. The lowest BCUT2D eigenvalue weighted by Gasteiger charge is -2.37.